The van der Waals surface area contributed by atoms with Crippen molar-refractivity contribution in [2.75, 3.05) is 44.7 Å². The van der Waals surface area contributed by atoms with Crippen molar-refractivity contribution in [1.29, 1.82) is 0 Å². The summed E-state index contributed by atoms with van der Waals surface area (Å²) in [6.07, 6.45) is 0.590. The first-order chi connectivity index (χ1) is 13.8. The van der Waals surface area contributed by atoms with Crippen LogP contribution in [0.4, 0.5) is 10.5 Å². The van der Waals surface area contributed by atoms with Gasteiger partial charge in [-0.15, -0.1) is 0 Å². The molecule has 1 saturated heterocycles. The monoisotopic (exact) mass is 405 g/mol. The second kappa shape index (κ2) is 10.8. The zero-order valence-corrected chi connectivity index (χ0v) is 18.2. The van der Waals surface area contributed by atoms with Crippen LogP contribution in [-0.4, -0.2) is 63.5 Å². The van der Waals surface area contributed by atoms with Crippen molar-refractivity contribution in [3.8, 4) is 5.75 Å². The maximum atomic E-state index is 11.7. The highest BCUT2D eigenvalue weighted by Crippen LogP contribution is 2.30. The van der Waals surface area contributed by atoms with E-state index in [9.17, 15) is 4.79 Å². The molecule has 162 valence electrons. The first-order valence-corrected chi connectivity index (χ1v) is 10.2. The fourth-order valence-electron chi connectivity index (χ4n) is 3.14. The topological polar surface area (TPSA) is 87.2 Å². The van der Waals surface area contributed by atoms with E-state index in [2.05, 4.69) is 31.9 Å². The standard InChI is InChI=1S/C21H35N5O3/c1-6-22-19(23-12-13-24-20(27)29-21(2,3)4)25-16-11-14-26(15-16)17-9-7-8-10-18(17)28-5/h7-10,16H,6,11-15H2,1-5H3,(H,24,27)(H2,22,23,25). The van der Waals surface area contributed by atoms with Crippen LogP contribution in [0.15, 0.2) is 29.3 Å². The summed E-state index contributed by atoms with van der Waals surface area (Å²) in [7, 11) is 1.70. The number of methoxy groups -OCH3 is 1. The molecule has 2 rings (SSSR count). The van der Waals surface area contributed by atoms with Crippen molar-refractivity contribution in [3.05, 3.63) is 24.3 Å². The predicted octanol–water partition coefficient (Wildman–Crippen LogP) is 2.35. The van der Waals surface area contributed by atoms with Gasteiger partial charge in [-0.2, -0.15) is 0 Å². The number of para-hydroxylation sites is 2. The van der Waals surface area contributed by atoms with Crippen LogP contribution < -0.4 is 25.6 Å². The Kier molecular flexibility index (Phi) is 8.42. The number of guanidine groups is 1. The predicted molar refractivity (Wildman–Crippen MR) is 117 cm³/mol. The number of ether oxygens (including phenoxy) is 2. The third kappa shape index (κ3) is 7.71. The largest absolute Gasteiger partial charge is 0.495 e. The molecule has 1 fully saturated rings. The molecule has 1 atom stereocenters. The van der Waals surface area contributed by atoms with Crippen molar-refractivity contribution in [2.45, 2.75) is 45.8 Å². The number of alkyl carbamates (subject to hydrolysis) is 1. The van der Waals surface area contributed by atoms with Gasteiger partial charge in [-0.1, -0.05) is 12.1 Å². The van der Waals surface area contributed by atoms with E-state index in [1.54, 1.807) is 7.11 Å². The van der Waals surface area contributed by atoms with Crippen molar-refractivity contribution in [2.24, 2.45) is 4.99 Å². The molecule has 0 bridgehead atoms. The average molecular weight is 406 g/mol. The Hall–Kier alpha value is -2.64. The lowest BCUT2D eigenvalue weighted by Crippen LogP contribution is -2.45. The Labute approximate surface area is 174 Å². The Bertz CT molecular complexity index is 687. The number of rotatable bonds is 7. The molecule has 0 aromatic heterocycles. The van der Waals surface area contributed by atoms with Gasteiger partial charge in [0.1, 0.15) is 11.4 Å². The van der Waals surface area contributed by atoms with Crippen molar-refractivity contribution < 1.29 is 14.3 Å². The van der Waals surface area contributed by atoms with E-state index in [0.29, 0.717) is 13.1 Å². The smallest absolute Gasteiger partial charge is 0.407 e. The molecule has 8 heteroatoms. The molecular weight excluding hydrogens is 370 g/mol. The van der Waals surface area contributed by atoms with Gasteiger partial charge in [0, 0.05) is 32.2 Å². The third-order valence-corrected chi connectivity index (χ3v) is 4.35. The summed E-state index contributed by atoms with van der Waals surface area (Å²) in [5.74, 6) is 1.65. The number of carbonyl (C=O) groups is 1. The highest BCUT2D eigenvalue weighted by molar-refractivity contribution is 5.80. The number of carbonyl (C=O) groups excluding carboxylic acids is 1. The van der Waals surface area contributed by atoms with Crippen LogP contribution in [-0.2, 0) is 4.74 Å². The molecule has 0 aliphatic carbocycles. The van der Waals surface area contributed by atoms with Gasteiger partial charge in [0.25, 0.3) is 0 Å². The molecule has 1 aromatic rings. The van der Waals surface area contributed by atoms with E-state index in [0.717, 1.165) is 43.5 Å². The van der Waals surface area contributed by atoms with E-state index in [1.165, 1.54) is 0 Å². The highest BCUT2D eigenvalue weighted by atomic mass is 16.6. The fraction of sp³-hybridized carbons (Fsp3) is 0.619. The van der Waals surface area contributed by atoms with Crippen molar-refractivity contribution >= 4 is 17.7 Å². The number of hydrogen-bond acceptors (Lipinski definition) is 5. The molecule has 29 heavy (non-hydrogen) atoms. The minimum Gasteiger partial charge on any atom is -0.495 e. The number of nitrogens with zero attached hydrogens (tertiary/aromatic N) is 2. The zero-order valence-electron chi connectivity index (χ0n) is 18.2. The molecule has 1 aromatic carbocycles. The number of nitrogens with one attached hydrogen (secondary N) is 3. The highest BCUT2D eigenvalue weighted by Gasteiger charge is 2.25. The van der Waals surface area contributed by atoms with Gasteiger partial charge in [-0.25, -0.2) is 4.79 Å². The first-order valence-electron chi connectivity index (χ1n) is 10.2. The van der Waals surface area contributed by atoms with Gasteiger partial charge in [0.2, 0.25) is 0 Å². The van der Waals surface area contributed by atoms with E-state index in [4.69, 9.17) is 9.47 Å². The van der Waals surface area contributed by atoms with Crippen LogP contribution in [0.5, 0.6) is 5.75 Å². The summed E-state index contributed by atoms with van der Waals surface area (Å²) in [6, 6.07) is 8.37. The Morgan fingerprint density at radius 3 is 2.72 bits per heavy atom. The van der Waals surface area contributed by atoms with Gasteiger partial charge in [-0.05, 0) is 46.2 Å². The number of benzene rings is 1. The van der Waals surface area contributed by atoms with Crippen LogP contribution in [0.25, 0.3) is 0 Å². The third-order valence-electron chi connectivity index (χ3n) is 4.35. The molecule has 1 amide bonds. The molecule has 3 N–H and O–H groups in total. The normalized spacial score (nSPS) is 17.1. The van der Waals surface area contributed by atoms with Crippen LogP contribution >= 0.6 is 0 Å². The summed E-state index contributed by atoms with van der Waals surface area (Å²) in [4.78, 5) is 18.6. The quantitative estimate of drug-likeness (QED) is 0.367. The Balaban J connectivity index is 1.84. The molecule has 0 radical (unpaired) electrons. The lowest BCUT2D eigenvalue weighted by Gasteiger charge is -2.22. The second-order valence-corrected chi connectivity index (χ2v) is 7.94. The van der Waals surface area contributed by atoms with Crippen LogP contribution in [0.3, 0.4) is 0 Å². The van der Waals surface area contributed by atoms with Gasteiger partial charge in [0.15, 0.2) is 5.96 Å². The molecule has 1 aliphatic rings. The SMILES string of the molecule is CCNC(=NCCNC(=O)OC(C)(C)C)NC1CCN(c2ccccc2OC)C1. The Morgan fingerprint density at radius 1 is 1.28 bits per heavy atom. The van der Waals surface area contributed by atoms with Gasteiger partial charge in [0.05, 0.1) is 19.3 Å². The van der Waals surface area contributed by atoms with Crippen LogP contribution in [0, 0.1) is 0 Å². The zero-order chi connectivity index (χ0) is 21.3. The summed E-state index contributed by atoms with van der Waals surface area (Å²) >= 11 is 0. The van der Waals surface area contributed by atoms with Crippen molar-refractivity contribution in [3.63, 3.8) is 0 Å². The first kappa shape index (κ1) is 22.6. The number of aliphatic imine (C=N–C) groups is 1. The summed E-state index contributed by atoms with van der Waals surface area (Å²) in [5.41, 5.74) is 0.613. The van der Waals surface area contributed by atoms with E-state index in [-0.39, 0.29) is 6.04 Å². The molecule has 0 saturated carbocycles. The number of hydrogen-bond donors (Lipinski definition) is 3. The van der Waals surface area contributed by atoms with Crippen molar-refractivity contribution in [1.82, 2.24) is 16.0 Å². The molecule has 8 nitrogen and oxygen atoms in total. The molecule has 1 aliphatic heterocycles. The van der Waals surface area contributed by atoms with Gasteiger partial charge >= 0.3 is 6.09 Å². The number of amides is 1. The van der Waals surface area contributed by atoms with E-state index < -0.39 is 11.7 Å². The van der Waals surface area contributed by atoms with Gasteiger partial charge in [-0.3, -0.25) is 4.99 Å². The molecule has 1 heterocycles. The Morgan fingerprint density at radius 2 is 2.03 bits per heavy atom. The average Bonchev–Trinajstić information content (AvgIpc) is 3.12. The summed E-state index contributed by atoms with van der Waals surface area (Å²) in [6.45, 7) is 11.1. The molecular formula is C21H35N5O3. The molecule has 0 spiro atoms. The van der Waals surface area contributed by atoms with Crippen LogP contribution in [0.2, 0.25) is 0 Å². The lowest BCUT2D eigenvalue weighted by atomic mass is 10.2. The second-order valence-electron chi connectivity index (χ2n) is 7.94. The van der Waals surface area contributed by atoms with Crippen LogP contribution in [0.1, 0.15) is 34.1 Å². The maximum Gasteiger partial charge on any atom is 0.407 e. The lowest BCUT2D eigenvalue weighted by molar-refractivity contribution is 0.0529. The maximum absolute atomic E-state index is 11.7. The van der Waals surface area contributed by atoms with E-state index >= 15 is 0 Å². The number of anilines is 1. The summed E-state index contributed by atoms with van der Waals surface area (Å²) in [5, 5.41) is 9.48. The fourth-order valence-corrected chi connectivity index (χ4v) is 3.14. The van der Waals surface area contributed by atoms with Gasteiger partial charge < -0.3 is 30.3 Å². The minimum absolute atomic E-state index is 0.288. The minimum atomic E-state index is -0.500. The summed E-state index contributed by atoms with van der Waals surface area (Å²) < 4.78 is 10.7. The van der Waals surface area contributed by atoms with E-state index in [1.807, 2.05) is 45.9 Å². The molecule has 1 unspecified atom stereocenters.